The number of rotatable bonds is 12. The summed E-state index contributed by atoms with van der Waals surface area (Å²) in [5.74, 6) is 0.712. The molecule has 0 unspecified atom stereocenters. The summed E-state index contributed by atoms with van der Waals surface area (Å²) in [6.07, 6.45) is 3.74. The highest BCUT2D eigenvalue weighted by Gasteiger charge is 2.09. The third-order valence-electron chi connectivity index (χ3n) is 5.00. The maximum Gasteiger partial charge on any atom is 0.343 e. The van der Waals surface area contributed by atoms with E-state index in [0.29, 0.717) is 42.3 Å². The highest BCUT2D eigenvalue weighted by molar-refractivity contribution is 5.91. The number of ether oxygens (including phenoxy) is 3. The Hall–Kier alpha value is -4.11. The van der Waals surface area contributed by atoms with Gasteiger partial charge in [-0.2, -0.15) is 5.26 Å². The van der Waals surface area contributed by atoms with E-state index < -0.39 is 5.97 Å². The Morgan fingerprint density at radius 1 is 0.758 bits per heavy atom. The summed E-state index contributed by atoms with van der Waals surface area (Å²) in [6.45, 7) is 1.52. The van der Waals surface area contributed by atoms with Crippen LogP contribution in [0.5, 0.6) is 11.5 Å². The van der Waals surface area contributed by atoms with Crippen molar-refractivity contribution in [3.63, 3.8) is 0 Å². The molecule has 168 valence electrons. The van der Waals surface area contributed by atoms with Crippen LogP contribution >= 0.6 is 0 Å². The summed E-state index contributed by atoms with van der Waals surface area (Å²) in [4.78, 5) is 22.5. The fraction of sp³-hybridized carbons (Fsp3) is 0.222. The van der Waals surface area contributed by atoms with Crippen molar-refractivity contribution in [2.24, 2.45) is 0 Å². The van der Waals surface area contributed by atoms with Crippen LogP contribution in [0.15, 0.2) is 72.8 Å². The van der Waals surface area contributed by atoms with E-state index in [1.54, 1.807) is 48.5 Å². The quantitative estimate of drug-likeness (QED) is 0.158. The van der Waals surface area contributed by atoms with E-state index in [1.165, 1.54) is 0 Å². The van der Waals surface area contributed by atoms with Crippen molar-refractivity contribution in [1.29, 1.82) is 5.26 Å². The third-order valence-corrected chi connectivity index (χ3v) is 5.00. The second kappa shape index (κ2) is 12.7. The van der Waals surface area contributed by atoms with Gasteiger partial charge in [-0.3, -0.25) is 4.79 Å². The van der Waals surface area contributed by atoms with Crippen LogP contribution in [0.1, 0.15) is 41.6 Å². The van der Waals surface area contributed by atoms with E-state index in [2.05, 4.69) is 10.8 Å². The summed E-state index contributed by atoms with van der Waals surface area (Å²) in [6, 6.07) is 23.5. The zero-order valence-electron chi connectivity index (χ0n) is 18.2. The second-order valence-electron chi connectivity index (χ2n) is 7.36. The molecule has 3 rings (SSSR count). The lowest BCUT2D eigenvalue weighted by Crippen LogP contribution is -2.08. The molecule has 0 aliphatic carbocycles. The number of benzene rings is 3. The molecule has 0 atom stereocenters. The van der Waals surface area contributed by atoms with Gasteiger partial charge in [0.1, 0.15) is 11.5 Å². The van der Waals surface area contributed by atoms with Crippen molar-refractivity contribution >= 4 is 12.4 Å². The maximum absolute atomic E-state index is 12.4. The Bertz CT molecular complexity index is 1070. The molecule has 0 spiro atoms. The van der Waals surface area contributed by atoms with Crippen LogP contribution in [-0.2, 0) is 9.53 Å². The first-order chi connectivity index (χ1) is 16.2. The van der Waals surface area contributed by atoms with Gasteiger partial charge in [-0.1, -0.05) is 24.3 Å². The molecular formula is C27H25NO5. The highest BCUT2D eigenvalue weighted by atomic mass is 16.5. The van der Waals surface area contributed by atoms with Crippen molar-refractivity contribution in [2.45, 2.75) is 25.7 Å². The van der Waals surface area contributed by atoms with Gasteiger partial charge in [-0.05, 0) is 85.3 Å². The average Bonchev–Trinajstić information content (AvgIpc) is 2.86. The van der Waals surface area contributed by atoms with Gasteiger partial charge in [0.05, 0.1) is 30.4 Å². The Morgan fingerprint density at radius 3 is 1.94 bits per heavy atom. The van der Waals surface area contributed by atoms with Crippen LogP contribution < -0.4 is 9.47 Å². The monoisotopic (exact) mass is 443 g/mol. The molecule has 0 N–H and O–H groups in total. The third kappa shape index (κ3) is 7.51. The molecule has 0 amide bonds. The van der Waals surface area contributed by atoms with Crippen LogP contribution in [-0.4, -0.2) is 25.7 Å². The van der Waals surface area contributed by atoms with Crippen molar-refractivity contribution in [1.82, 2.24) is 0 Å². The molecule has 0 aliphatic rings. The zero-order chi connectivity index (χ0) is 23.3. The number of unbranched alkanes of at least 4 members (excludes halogenated alkanes) is 3. The minimum absolute atomic E-state index is 0.439. The molecular weight excluding hydrogens is 418 g/mol. The van der Waals surface area contributed by atoms with E-state index in [0.717, 1.165) is 36.8 Å². The molecule has 0 saturated carbocycles. The van der Waals surface area contributed by atoms with Crippen LogP contribution in [0, 0.1) is 11.3 Å². The van der Waals surface area contributed by atoms with Gasteiger partial charge in [0.2, 0.25) is 0 Å². The minimum Gasteiger partial charge on any atom is -0.494 e. The highest BCUT2D eigenvalue weighted by Crippen LogP contribution is 2.23. The van der Waals surface area contributed by atoms with Gasteiger partial charge in [-0.25, -0.2) is 4.79 Å². The normalized spacial score (nSPS) is 10.2. The summed E-state index contributed by atoms with van der Waals surface area (Å²) in [5, 5.41) is 8.90. The largest absolute Gasteiger partial charge is 0.494 e. The van der Waals surface area contributed by atoms with E-state index in [1.807, 2.05) is 24.3 Å². The maximum atomic E-state index is 12.4. The van der Waals surface area contributed by atoms with Gasteiger partial charge in [-0.15, -0.1) is 0 Å². The molecule has 0 bridgehead atoms. The lowest BCUT2D eigenvalue weighted by Gasteiger charge is -2.08. The molecule has 0 fully saturated rings. The van der Waals surface area contributed by atoms with E-state index in [9.17, 15) is 9.59 Å². The fourth-order valence-electron chi connectivity index (χ4n) is 3.18. The molecule has 0 radical (unpaired) electrons. The Kier molecular flexibility index (Phi) is 9.04. The molecule has 6 nitrogen and oxygen atoms in total. The van der Waals surface area contributed by atoms with E-state index >= 15 is 0 Å². The van der Waals surface area contributed by atoms with Crippen LogP contribution in [0.25, 0.3) is 11.1 Å². The summed E-state index contributed by atoms with van der Waals surface area (Å²) in [7, 11) is 0. The van der Waals surface area contributed by atoms with Crippen molar-refractivity contribution < 1.29 is 23.8 Å². The fourth-order valence-corrected chi connectivity index (χ4v) is 3.18. The Morgan fingerprint density at radius 2 is 1.33 bits per heavy atom. The summed E-state index contributed by atoms with van der Waals surface area (Å²) < 4.78 is 15.8. The van der Waals surface area contributed by atoms with Crippen LogP contribution in [0.2, 0.25) is 0 Å². The zero-order valence-corrected chi connectivity index (χ0v) is 18.2. The molecule has 3 aromatic rings. The number of nitrogens with zero attached hydrogens (tertiary/aromatic N) is 1. The smallest absolute Gasteiger partial charge is 0.343 e. The van der Waals surface area contributed by atoms with Crippen molar-refractivity contribution in [3.05, 3.63) is 83.9 Å². The average molecular weight is 443 g/mol. The van der Waals surface area contributed by atoms with Gasteiger partial charge in [0.15, 0.2) is 0 Å². The number of carbonyl (C=O) groups excluding carboxylic acids is 2. The molecule has 0 saturated heterocycles. The number of nitriles is 1. The molecule has 0 aliphatic heterocycles. The Balaban J connectivity index is 1.44. The first kappa shape index (κ1) is 23.6. The SMILES string of the molecule is N#Cc1ccc(-c2ccc(OC(=O)c3ccc(OCCCCCCOC=O)cc3)cc2)cc1. The minimum atomic E-state index is -0.440. The predicted octanol–water partition coefficient (Wildman–Crippen LogP) is 5.56. The van der Waals surface area contributed by atoms with Gasteiger partial charge in [0.25, 0.3) is 6.47 Å². The van der Waals surface area contributed by atoms with Crippen LogP contribution in [0.3, 0.4) is 0 Å². The first-order valence-corrected chi connectivity index (χ1v) is 10.8. The first-order valence-electron chi connectivity index (χ1n) is 10.8. The standard InChI is InChI=1S/C27H25NO5/c28-19-21-5-7-22(8-6-21)23-9-15-26(16-10-23)33-27(30)24-11-13-25(14-12-24)32-18-4-2-1-3-17-31-20-29/h5-16,20H,1-4,17-18H2. The van der Waals surface area contributed by atoms with Crippen LogP contribution in [0.4, 0.5) is 0 Å². The topological polar surface area (TPSA) is 85.6 Å². The molecule has 0 heterocycles. The van der Waals surface area contributed by atoms with Gasteiger partial charge < -0.3 is 14.2 Å². The lowest BCUT2D eigenvalue weighted by molar-refractivity contribution is -0.128. The van der Waals surface area contributed by atoms with E-state index in [4.69, 9.17) is 14.7 Å². The van der Waals surface area contributed by atoms with Gasteiger partial charge in [0, 0.05) is 0 Å². The second-order valence-corrected chi connectivity index (χ2v) is 7.36. The molecule has 3 aromatic carbocycles. The van der Waals surface area contributed by atoms with E-state index in [-0.39, 0.29) is 0 Å². The molecule has 0 aromatic heterocycles. The summed E-state index contributed by atoms with van der Waals surface area (Å²) >= 11 is 0. The number of carbonyl (C=O) groups is 2. The van der Waals surface area contributed by atoms with Gasteiger partial charge >= 0.3 is 5.97 Å². The van der Waals surface area contributed by atoms with Crippen molar-refractivity contribution in [2.75, 3.05) is 13.2 Å². The Labute approximate surface area is 193 Å². The van der Waals surface area contributed by atoms with Crippen molar-refractivity contribution in [3.8, 4) is 28.7 Å². The molecule has 33 heavy (non-hydrogen) atoms. The number of esters is 1. The summed E-state index contributed by atoms with van der Waals surface area (Å²) in [5.41, 5.74) is 3.00. The number of hydrogen-bond acceptors (Lipinski definition) is 6. The number of hydrogen-bond donors (Lipinski definition) is 0. The predicted molar refractivity (Wildman–Crippen MR) is 124 cm³/mol. The lowest BCUT2D eigenvalue weighted by atomic mass is 10.0. The molecule has 6 heteroatoms.